The van der Waals surface area contributed by atoms with Crippen LogP contribution in [0.3, 0.4) is 0 Å². The van der Waals surface area contributed by atoms with Crippen LogP contribution in [0.2, 0.25) is 0 Å². The van der Waals surface area contributed by atoms with E-state index in [2.05, 4.69) is 0 Å². The van der Waals surface area contributed by atoms with Crippen molar-refractivity contribution in [3.8, 4) is 11.5 Å². The first-order valence-corrected chi connectivity index (χ1v) is 10.6. The first kappa shape index (κ1) is 18.3. The summed E-state index contributed by atoms with van der Waals surface area (Å²) < 4.78 is 23.5. The SMILES string of the molecule is O=C(CCS(=O)c1ccc2c(c1)OCCO2)N1C[C@@H]2CCC[C@@]2(C(=O)O)C1. The van der Waals surface area contributed by atoms with Gasteiger partial charge in [0.2, 0.25) is 5.91 Å². The van der Waals surface area contributed by atoms with Gasteiger partial charge in [-0.2, -0.15) is 0 Å². The minimum Gasteiger partial charge on any atom is -0.486 e. The summed E-state index contributed by atoms with van der Waals surface area (Å²) in [6, 6.07) is 5.17. The molecule has 2 heterocycles. The van der Waals surface area contributed by atoms with Crippen molar-refractivity contribution in [3.05, 3.63) is 18.2 Å². The van der Waals surface area contributed by atoms with Gasteiger partial charge in [0.15, 0.2) is 11.5 Å². The maximum atomic E-state index is 12.6. The van der Waals surface area contributed by atoms with Crippen LogP contribution in [0, 0.1) is 11.3 Å². The van der Waals surface area contributed by atoms with Crippen LogP contribution in [0.25, 0.3) is 0 Å². The molecule has 1 amide bonds. The van der Waals surface area contributed by atoms with E-state index in [-0.39, 0.29) is 30.5 Å². The Kier molecular flexibility index (Phi) is 4.84. The Hall–Kier alpha value is -2.09. The summed E-state index contributed by atoms with van der Waals surface area (Å²) in [7, 11) is -1.33. The molecule has 2 aliphatic heterocycles. The second-order valence-corrected chi connectivity index (χ2v) is 9.00. The number of hydrogen-bond acceptors (Lipinski definition) is 5. The molecule has 1 unspecified atom stereocenters. The number of amides is 1. The highest BCUT2D eigenvalue weighted by Gasteiger charge is 2.55. The van der Waals surface area contributed by atoms with Gasteiger partial charge >= 0.3 is 5.97 Å². The van der Waals surface area contributed by atoms with Crippen LogP contribution in [-0.4, -0.2) is 58.1 Å². The maximum absolute atomic E-state index is 12.6. The number of carbonyl (C=O) groups excluding carboxylic acids is 1. The summed E-state index contributed by atoms with van der Waals surface area (Å²) in [6.07, 6.45) is 2.55. The van der Waals surface area contributed by atoms with Gasteiger partial charge in [-0.15, -0.1) is 0 Å². The van der Waals surface area contributed by atoms with E-state index in [4.69, 9.17) is 9.47 Å². The monoisotopic (exact) mass is 393 g/mol. The van der Waals surface area contributed by atoms with Gasteiger partial charge in [-0.1, -0.05) is 6.42 Å². The van der Waals surface area contributed by atoms with E-state index in [1.165, 1.54) is 0 Å². The number of ether oxygens (including phenoxy) is 2. The quantitative estimate of drug-likeness (QED) is 0.818. The average Bonchev–Trinajstić information content (AvgIpc) is 3.24. The summed E-state index contributed by atoms with van der Waals surface area (Å²) in [6.45, 7) is 1.74. The number of hydrogen-bond donors (Lipinski definition) is 1. The molecular weight excluding hydrogens is 370 g/mol. The second-order valence-electron chi connectivity index (χ2n) is 7.43. The highest BCUT2D eigenvalue weighted by Crippen LogP contribution is 2.49. The molecular formula is C19H23NO6S. The van der Waals surface area contributed by atoms with Gasteiger partial charge in [-0.05, 0) is 30.9 Å². The van der Waals surface area contributed by atoms with E-state index < -0.39 is 22.2 Å². The molecule has 1 aliphatic carbocycles. The Morgan fingerprint density at radius 2 is 2.04 bits per heavy atom. The van der Waals surface area contributed by atoms with Gasteiger partial charge in [0.05, 0.1) is 16.2 Å². The summed E-state index contributed by atoms with van der Waals surface area (Å²) in [5.74, 6) is 0.563. The van der Waals surface area contributed by atoms with Crippen molar-refractivity contribution in [1.29, 1.82) is 0 Å². The van der Waals surface area contributed by atoms with Crippen molar-refractivity contribution in [3.63, 3.8) is 0 Å². The van der Waals surface area contributed by atoms with E-state index in [1.54, 1.807) is 23.1 Å². The number of nitrogens with zero attached hydrogens (tertiary/aromatic N) is 1. The number of carboxylic acid groups (broad SMARTS) is 1. The number of carboxylic acids is 1. The lowest BCUT2D eigenvalue weighted by molar-refractivity contribution is -0.149. The molecule has 1 N–H and O–H groups in total. The van der Waals surface area contributed by atoms with Gasteiger partial charge in [-0.25, -0.2) is 0 Å². The van der Waals surface area contributed by atoms with Crippen molar-refractivity contribution in [2.75, 3.05) is 32.1 Å². The number of aliphatic carboxylic acids is 1. The molecule has 7 nitrogen and oxygen atoms in total. The molecule has 0 bridgehead atoms. The van der Waals surface area contributed by atoms with Crippen LogP contribution in [-0.2, 0) is 20.4 Å². The third-order valence-electron chi connectivity index (χ3n) is 5.93. The lowest BCUT2D eigenvalue weighted by Gasteiger charge is -2.23. The third-order valence-corrected chi connectivity index (χ3v) is 7.28. The Bertz CT molecular complexity index is 796. The molecule has 0 aromatic heterocycles. The van der Waals surface area contributed by atoms with Crippen LogP contribution in [0.4, 0.5) is 0 Å². The Morgan fingerprint density at radius 1 is 1.26 bits per heavy atom. The number of benzene rings is 1. The number of rotatable bonds is 5. The summed E-state index contributed by atoms with van der Waals surface area (Å²) in [5, 5.41) is 9.63. The molecule has 0 spiro atoms. The van der Waals surface area contributed by atoms with Gasteiger partial charge in [0.1, 0.15) is 13.2 Å². The molecule has 4 rings (SSSR count). The van der Waals surface area contributed by atoms with Gasteiger partial charge in [0.25, 0.3) is 0 Å². The van der Waals surface area contributed by atoms with E-state index >= 15 is 0 Å². The molecule has 3 atom stereocenters. The summed E-state index contributed by atoms with van der Waals surface area (Å²) in [4.78, 5) is 26.6. The van der Waals surface area contributed by atoms with Gasteiger partial charge in [0, 0.05) is 36.2 Å². The fourth-order valence-electron chi connectivity index (χ4n) is 4.45. The van der Waals surface area contributed by atoms with Crippen LogP contribution < -0.4 is 9.47 Å². The Labute approximate surface area is 160 Å². The topological polar surface area (TPSA) is 93.1 Å². The van der Waals surface area contributed by atoms with Crippen LogP contribution in [0.15, 0.2) is 23.1 Å². The molecule has 27 heavy (non-hydrogen) atoms. The maximum Gasteiger partial charge on any atom is 0.311 e. The zero-order valence-electron chi connectivity index (χ0n) is 15.0. The first-order chi connectivity index (χ1) is 13.0. The standard InChI is InChI=1S/C19H23NO6S/c21-17(20-11-13-2-1-6-19(13,12-20)18(22)23)5-9-27(24)14-3-4-15-16(10-14)26-8-7-25-15/h3-4,10,13H,1-2,5-9,11-12H2,(H,22,23)/t13-,19+,27?/m0/s1. The molecule has 2 fully saturated rings. The van der Waals surface area contributed by atoms with Crippen molar-refractivity contribution in [2.24, 2.45) is 11.3 Å². The predicted molar refractivity (Wildman–Crippen MR) is 97.3 cm³/mol. The van der Waals surface area contributed by atoms with Crippen molar-refractivity contribution < 1.29 is 28.4 Å². The van der Waals surface area contributed by atoms with E-state index in [9.17, 15) is 18.9 Å². The fourth-order valence-corrected chi connectivity index (χ4v) is 5.50. The Balaban J connectivity index is 1.36. The third kappa shape index (κ3) is 3.31. The van der Waals surface area contributed by atoms with Gasteiger partial charge < -0.3 is 19.5 Å². The highest BCUT2D eigenvalue weighted by atomic mass is 32.2. The molecule has 1 saturated carbocycles. The number of fused-ring (bicyclic) bond motifs is 2. The lowest BCUT2D eigenvalue weighted by Crippen LogP contribution is -2.37. The smallest absolute Gasteiger partial charge is 0.311 e. The number of carbonyl (C=O) groups is 2. The Morgan fingerprint density at radius 3 is 2.78 bits per heavy atom. The molecule has 3 aliphatic rings. The summed E-state index contributed by atoms with van der Waals surface area (Å²) >= 11 is 0. The lowest BCUT2D eigenvalue weighted by atomic mass is 9.81. The molecule has 1 saturated heterocycles. The molecule has 1 aromatic carbocycles. The van der Waals surface area contributed by atoms with Crippen LogP contribution in [0.5, 0.6) is 11.5 Å². The van der Waals surface area contributed by atoms with Crippen molar-refractivity contribution >= 4 is 22.7 Å². The molecule has 8 heteroatoms. The van der Waals surface area contributed by atoms with E-state index in [0.717, 1.165) is 12.8 Å². The molecule has 146 valence electrons. The van der Waals surface area contributed by atoms with Crippen LogP contribution in [0.1, 0.15) is 25.7 Å². The zero-order valence-corrected chi connectivity index (χ0v) is 15.8. The number of likely N-dealkylation sites (tertiary alicyclic amines) is 1. The van der Waals surface area contributed by atoms with E-state index in [0.29, 0.717) is 42.6 Å². The highest BCUT2D eigenvalue weighted by molar-refractivity contribution is 7.85. The normalized spacial score (nSPS) is 27.3. The largest absolute Gasteiger partial charge is 0.486 e. The average molecular weight is 393 g/mol. The molecule has 0 radical (unpaired) electrons. The van der Waals surface area contributed by atoms with Crippen LogP contribution >= 0.6 is 0 Å². The van der Waals surface area contributed by atoms with Crippen molar-refractivity contribution in [2.45, 2.75) is 30.6 Å². The minimum atomic E-state index is -1.33. The minimum absolute atomic E-state index is 0.0437. The van der Waals surface area contributed by atoms with Crippen molar-refractivity contribution in [1.82, 2.24) is 4.90 Å². The van der Waals surface area contributed by atoms with E-state index in [1.807, 2.05) is 0 Å². The second kappa shape index (κ2) is 7.14. The predicted octanol–water partition coefficient (Wildman–Crippen LogP) is 1.67. The summed E-state index contributed by atoms with van der Waals surface area (Å²) in [5.41, 5.74) is -0.773. The molecule has 1 aromatic rings. The van der Waals surface area contributed by atoms with Gasteiger partial charge in [-0.3, -0.25) is 13.8 Å². The first-order valence-electron chi connectivity index (χ1n) is 9.29. The zero-order chi connectivity index (χ0) is 19.0. The fraction of sp³-hybridized carbons (Fsp3) is 0.579.